The smallest absolute Gasteiger partial charge is 0.309 e. The van der Waals surface area contributed by atoms with E-state index in [1.54, 1.807) is 0 Å². The molecule has 1 heterocycles. The second-order valence-corrected chi connectivity index (χ2v) is 8.88. The van der Waals surface area contributed by atoms with Gasteiger partial charge in [-0.05, 0) is 93.1 Å². The number of carbonyl (C=O) groups excluding carboxylic acids is 1. The molecule has 0 atom stereocenters. The van der Waals surface area contributed by atoms with E-state index < -0.39 is 0 Å². The fraction of sp³-hybridized carbons (Fsp3) is 0.577. The minimum atomic E-state index is -0.0234. The molecule has 0 amide bonds. The molecule has 1 aliphatic carbocycles. The number of fused-ring (bicyclic) bond motifs is 1. The molecule has 0 N–H and O–H groups in total. The molecule has 1 saturated carbocycles. The average Bonchev–Trinajstić information content (AvgIpc) is 3.03. The number of carbonyl (C=O) groups is 1. The lowest BCUT2D eigenvalue weighted by molar-refractivity contribution is -0.149. The second-order valence-electron chi connectivity index (χ2n) is 8.88. The number of benzene rings is 2. The Balaban J connectivity index is 1.34. The van der Waals surface area contributed by atoms with E-state index in [0.29, 0.717) is 12.7 Å². The Labute approximate surface area is 180 Å². The summed E-state index contributed by atoms with van der Waals surface area (Å²) in [5.41, 5.74) is 1.33. The van der Waals surface area contributed by atoms with Crippen LogP contribution in [0.1, 0.15) is 63.9 Å². The number of hydrogen-bond acceptors (Lipinski definition) is 4. The van der Waals surface area contributed by atoms with E-state index in [4.69, 9.17) is 9.47 Å². The van der Waals surface area contributed by atoms with Gasteiger partial charge in [-0.15, -0.1) is 0 Å². The van der Waals surface area contributed by atoms with Gasteiger partial charge in [0.05, 0.1) is 18.6 Å². The molecule has 4 rings (SSSR count). The molecule has 2 fully saturated rings. The van der Waals surface area contributed by atoms with Crippen LogP contribution in [-0.4, -0.2) is 36.7 Å². The third-order valence-electron chi connectivity index (χ3n) is 6.59. The van der Waals surface area contributed by atoms with Gasteiger partial charge in [0.1, 0.15) is 5.75 Å². The summed E-state index contributed by atoms with van der Waals surface area (Å²) >= 11 is 0. The van der Waals surface area contributed by atoms with Gasteiger partial charge in [-0.1, -0.05) is 31.0 Å². The number of rotatable bonds is 6. The van der Waals surface area contributed by atoms with Crippen LogP contribution in [0.25, 0.3) is 10.8 Å². The SMILES string of the molecule is CCOC(=O)C1CCN(Cc2ccc3cc(OC4CCCCCC4)ccc3c2)CC1. The number of ether oxygens (including phenoxy) is 2. The molecule has 0 unspecified atom stereocenters. The first-order valence-corrected chi connectivity index (χ1v) is 11.8. The van der Waals surface area contributed by atoms with Crippen molar-refractivity contribution in [2.75, 3.05) is 19.7 Å². The third-order valence-corrected chi connectivity index (χ3v) is 6.59. The van der Waals surface area contributed by atoms with E-state index >= 15 is 0 Å². The lowest BCUT2D eigenvalue weighted by Crippen LogP contribution is -2.36. The van der Waals surface area contributed by atoms with Crippen molar-refractivity contribution in [3.63, 3.8) is 0 Å². The summed E-state index contributed by atoms with van der Waals surface area (Å²) in [6.45, 7) is 5.19. The van der Waals surface area contributed by atoms with E-state index in [1.807, 2.05) is 6.92 Å². The number of nitrogens with zero attached hydrogens (tertiary/aromatic N) is 1. The Bertz CT molecular complexity index is 833. The minimum absolute atomic E-state index is 0.0234. The van der Waals surface area contributed by atoms with Gasteiger partial charge in [0, 0.05) is 6.54 Å². The number of likely N-dealkylation sites (tertiary alicyclic amines) is 1. The molecule has 30 heavy (non-hydrogen) atoms. The van der Waals surface area contributed by atoms with Crippen LogP contribution in [0.5, 0.6) is 5.75 Å². The molecule has 162 valence electrons. The Morgan fingerprint density at radius 3 is 2.37 bits per heavy atom. The van der Waals surface area contributed by atoms with Gasteiger partial charge >= 0.3 is 5.97 Å². The van der Waals surface area contributed by atoms with Crippen LogP contribution in [0.4, 0.5) is 0 Å². The van der Waals surface area contributed by atoms with E-state index in [9.17, 15) is 4.79 Å². The lowest BCUT2D eigenvalue weighted by Gasteiger charge is -2.30. The second kappa shape index (κ2) is 10.3. The summed E-state index contributed by atoms with van der Waals surface area (Å²) in [6.07, 6.45) is 9.82. The molecular weight excluding hydrogens is 374 g/mol. The van der Waals surface area contributed by atoms with Gasteiger partial charge in [0.15, 0.2) is 0 Å². The summed E-state index contributed by atoms with van der Waals surface area (Å²) in [5, 5.41) is 2.51. The predicted octanol–water partition coefficient (Wildman–Crippen LogP) is 5.72. The van der Waals surface area contributed by atoms with E-state index in [0.717, 1.165) is 38.2 Å². The monoisotopic (exact) mass is 409 g/mol. The molecular formula is C26H35NO3. The van der Waals surface area contributed by atoms with Crippen LogP contribution in [0.3, 0.4) is 0 Å². The van der Waals surface area contributed by atoms with Gasteiger partial charge < -0.3 is 9.47 Å². The minimum Gasteiger partial charge on any atom is -0.490 e. The molecule has 0 radical (unpaired) electrons. The standard InChI is InChI=1S/C26H35NO3/c1-2-29-26(28)21-13-15-27(16-14-21)19-20-9-10-23-18-25(12-11-22(23)17-20)30-24-7-5-3-4-6-8-24/h9-12,17-18,21,24H,2-8,13-16,19H2,1H3. The van der Waals surface area contributed by atoms with E-state index in [-0.39, 0.29) is 11.9 Å². The average molecular weight is 410 g/mol. The van der Waals surface area contributed by atoms with E-state index in [1.165, 1.54) is 54.9 Å². The predicted molar refractivity (Wildman–Crippen MR) is 121 cm³/mol. The van der Waals surface area contributed by atoms with Crippen LogP contribution in [0.2, 0.25) is 0 Å². The Kier molecular flexibility index (Phi) is 7.27. The third kappa shape index (κ3) is 5.54. The summed E-state index contributed by atoms with van der Waals surface area (Å²) in [6, 6.07) is 13.3. The van der Waals surface area contributed by atoms with Gasteiger partial charge in [-0.3, -0.25) is 9.69 Å². The molecule has 1 saturated heterocycles. The highest BCUT2D eigenvalue weighted by atomic mass is 16.5. The molecule has 0 aromatic heterocycles. The molecule has 2 aromatic carbocycles. The first kappa shape index (κ1) is 21.2. The zero-order valence-corrected chi connectivity index (χ0v) is 18.3. The molecule has 0 spiro atoms. The van der Waals surface area contributed by atoms with Gasteiger partial charge in [0.2, 0.25) is 0 Å². The molecule has 2 aromatic rings. The molecule has 4 heteroatoms. The van der Waals surface area contributed by atoms with Crippen molar-refractivity contribution in [3.8, 4) is 5.75 Å². The van der Waals surface area contributed by atoms with Crippen LogP contribution >= 0.6 is 0 Å². The fourth-order valence-electron chi connectivity index (χ4n) is 4.84. The molecule has 4 nitrogen and oxygen atoms in total. The van der Waals surface area contributed by atoms with Gasteiger partial charge in [-0.25, -0.2) is 0 Å². The van der Waals surface area contributed by atoms with E-state index in [2.05, 4.69) is 41.3 Å². The molecule has 0 bridgehead atoms. The van der Waals surface area contributed by atoms with Crippen molar-refractivity contribution in [2.24, 2.45) is 5.92 Å². The van der Waals surface area contributed by atoms with Crippen LogP contribution in [0.15, 0.2) is 36.4 Å². The fourth-order valence-corrected chi connectivity index (χ4v) is 4.84. The topological polar surface area (TPSA) is 38.8 Å². The van der Waals surface area contributed by atoms with Crippen molar-refractivity contribution in [2.45, 2.75) is 70.9 Å². The van der Waals surface area contributed by atoms with Crippen molar-refractivity contribution < 1.29 is 14.3 Å². The zero-order chi connectivity index (χ0) is 20.8. The highest BCUT2D eigenvalue weighted by Gasteiger charge is 2.25. The lowest BCUT2D eigenvalue weighted by atomic mass is 9.96. The summed E-state index contributed by atoms with van der Waals surface area (Å²) < 4.78 is 11.5. The van der Waals surface area contributed by atoms with Crippen molar-refractivity contribution >= 4 is 16.7 Å². The summed E-state index contributed by atoms with van der Waals surface area (Å²) in [7, 11) is 0. The number of hydrogen-bond donors (Lipinski definition) is 0. The van der Waals surface area contributed by atoms with Crippen LogP contribution < -0.4 is 4.74 Å². The highest BCUT2D eigenvalue weighted by molar-refractivity contribution is 5.84. The summed E-state index contributed by atoms with van der Waals surface area (Å²) in [4.78, 5) is 14.4. The number of esters is 1. The Hall–Kier alpha value is -2.07. The van der Waals surface area contributed by atoms with Crippen molar-refractivity contribution in [3.05, 3.63) is 42.0 Å². The van der Waals surface area contributed by atoms with Crippen LogP contribution in [-0.2, 0) is 16.1 Å². The maximum absolute atomic E-state index is 11.9. The van der Waals surface area contributed by atoms with Crippen molar-refractivity contribution in [1.29, 1.82) is 0 Å². The quantitative estimate of drug-likeness (QED) is 0.452. The van der Waals surface area contributed by atoms with Crippen molar-refractivity contribution in [1.82, 2.24) is 4.90 Å². The maximum Gasteiger partial charge on any atom is 0.309 e. The normalized spacial score (nSPS) is 19.5. The Morgan fingerprint density at radius 1 is 0.933 bits per heavy atom. The van der Waals surface area contributed by atoms with Crippen LogP contribution in [0, 0.1) is 5.92 Å². The zero-order valence-electron chi connectivity index (χ0n) is 18.3. The largest absolute Gasteiger partial charge is 0.490 e. The first-order chi connectivity index (χ1) is 14.7. The highest BCUT2D eigenvalue weighted by Crippen LogP contribution is 2.27. The van der Waals surface area contributed by atoms with Gasteiger partial charge in [-0.2, -0.15) is 0 Å². The molecule has 2 aliphatic rings. The molecule has 1 aliphatic heterocycles. The summed E-state index contributed by atoms with van der Waals surface area (Å²) in [5.74, 6) is 1.05. The first-order valence-electron chi connectivity index (χ1n) is 11.8. The number of piperidine rings is 1. The van der Waals surface area contributed by atoms with Gasteiger partial charge in [0.25, 0.3) is 0 Å². The Morgan fingerprint density at radius 2 is 1.63 bits per heavy atom. The maximum atomic E-state index is 11.9.